The van der Waals surface area contributed by atoms with Gasteiger partial charge >= 0.3 is 6.09 Å². The Balaban J connectivity index is 2.41. The number of rotatable bonds is 4. The fourth-order valence-corrected chi connectivity index (χ4v) is 1.53. The molecule has 0 aromatic heterocycles. The molecule has 1 atom stereocenters. The summed E-state index contributed by atoms with van der Waals surface area (Å²) in [4.78, 5) is 22.1. The van der Waals surface area contributed by atoms with Gasteiger partial charge in [-0.05, 0) is 19.1 Å². The van der Waals surface area contributed by atoms with Crippen LogP contribution in [-0.2, 0) is 9.53 Å². The zero-order chi connectivity index (χ0) is 13.5. The van der Waals surface area contributed by atoms with Gasteiger partial charge in [0.15, 0.2) is 6.54 Å². The predicted molar refractivity (Wildman–Crippen MR) is 67.2 cm³/mol. The molecule has 0 radical (unpaired) electrons. The number of nitrogens with one attached hydrogen (secondary N) is 1. The molecule has 0 aliphatic heterocycles. The third-order valence-electron chi connectivity index (χ3n) is 2.48. The minimum absolute atomic E-state index is 0.102. The first-order valence-corrected chi connectivity index (χ1v) is 5.87. The molecule has 0 spiro atoms. The molecule has 0 bridgehead atoms. The molecule has 0 heterocycles. The fourth-order valence-electron chi connectivity index (χ4n) is 1.40. The summed E-state index contributed by atoms with van der Waals surface area (Å²) in [6.07, 6.45) is -0.743. The van der Waals surface area contributed by atoms with Crippen LogP contribution in [0.25, 0.3) is 0 Å². The van der Waals surface area contributed by atoms with E-state index in [4.69, 9.17) is 11.6 Å². The topological polar surface area (TPSA) is 72.0 Å². The maximum atomic E-state index is 11.3. The molecular formula is C12H16ClN2O3+. The number of hydrogen-bond donors (Lipinski definition) is 2. The first kappa shape index (κ1) is 14.5. The lowest BCUT2D eigenvalue weighted by molar-refractivity contribution is -0.682. The summed E-state index contributed by atoms with van der Waals surface area (Å²) in [5.74, 6) is -0.386. The summed E-state index contributed by atoms with van der Waals surface area (Å²) in [7, 11) is 1.21. The third kappa shape index (κ3) is 4.73. The highest BCUT2D eigenvalue weighted by molar-refractivity contribution is 6.30. The molecule has 0 unspecified atom stereocenters. The van der Waals surface area contributed by atoms with Gasteiger partial charge in [-0.15, -0.1) is 0 Å². The molecule has 0 aliphatic carbocycles. The average molecular weight is 272 g/mol. The van der Waals surface area contributed by atoms with Gasteiger partial charge in [-0.1, -0.05) is 23.7 Å². The third-order valence-corrected chi connectivity index (χ3v) is 2.73. The van der Waals surface area contributed by atoms with E-state index in [1.165, 1.54) is 7.11 Å². The van der Waals surface area contributed by atoms with Crippen LogP contribution < -0.4 is 10.6 Å². The molecule has 1 rings (SSSR count). The second-order valence-electron chi connectivity index (χ2n) is 3.82. The average Bonchev–Trinajstić information content (AvgIpc) is 2.36. The predicted octanol–water partition coefficient (Wildman–Crippen LogP) is 0.847. The van der Waals surface area contributed by atoms with E-state index in [0.717, 1.165) is 5.56 Å². The zero-order valence-corrected chi connectivity index (χ0v) is 11.0. The molecule has 0 aliphatic rings. The van der Waals surface area contributed by atoms with Crippen molar-refractivity contribution >= 4 is 23.6 Å². The number of hydrogen-bond acceptors (Lipinski definition) is 3. The fraction of sp³-hybridized carbons (Fsp3) is 0.333. The van der Waals surface area contributed by atoms with Crippen LogP contribution in [0.2, 0.25) is 5.02 Å². The number of alkyl carbamates (subject to hydrolysis) is 1. The Morgan fingerprint density at radius 3 is 2.56 bits per heavy atom. The van der Waals surface area contributed by atoms with Crippen LogP contribution in [0, 0.1) is 0 Å². The van der Waals surface area contributed by atoms with E-state index < -0.39 is 6.09 Å². The van der Waals surface area contributed by atoms with Gasteiger partial charge in [0.2, 0.25) is 0 Å². The summed E-state index contributed by atoms with van der Waals surface area (Å²) in [5, 5.41) is 4.59. The van der Waals surface area contributed by atoms with Crippen molar-refractivity contribution in [2.24, 2.45) is 0 Å². The van der Waals surface area contributed by atoms with Crippen molar-refractivity contribution in [3.05, 3.63) is 34.9 Å². The molecule has 18 heavy (non-hydrogen) atoms. The van der Waals surface area contributed by atoms with E-state index in [0.29, 0.717) is 5.02 Å². The number of amides is 2. The van der Waals surface area contributed by atoms with Gasteiger partial charge < -0.3 is 10.1 Å². The Labute approximate surface area is 110 Å². The van der Waals surface area contributed by atoms with Crippen LogP contribution >= 0.6 is 11.6 Å². The number of halogens is 1. The Kier molecular flexibility index (Phi) is 5.61. The number of carbonyl (C=O) groups is 2. The van der Waals surface area contributed by atoms with Crippen LogP contribution in [0.15, 0.2) is 24.3 Å². The second kappa shape index (κ2) is 6.98. The number of imide groups is 1. The van der Waals surface area contributed by atoms with E-state index in [-0.39, 0.29) is 18.5 Å². The van der Waals surface area contributed by atoms with Crippen molar-refractivity contribution in [2.75, 3.05) is 13.7 Å². The number of nitrogens with two attached hydrogens (primary N) is 1. The lowest BCUT2D eigenvalue weighted by Crippen LogP contribution is -2.87. The maximum absolute atomic E-state index is 11.3. The molecule has 2 amide bonds. The molecule has 6 heteroatoms. The molecule has 0 saturated heterocycles. The highest BCUT2D eigenvalue weighted by atomic mass is 35.5. The van der Waals surface area contributed by atoms with Crippen LogP contribution in [0.1, 0.15) is 18.5 Å². The maximum Gasteiger partial charge on any atom is 0.413 e. The van der Waals surface area contributed by atoms with Gasteiger partial charge in [-0.3, -0.25) is 10.1 Å². The number of benzene rings is 1. The van der Waals surface area contributed by atoms with Gasteiger partial charge in [0.25, 0.3) is 5.91 Å². The van der Waals surface area contributed by atoms with Crippen molar-refractivity contribution < 1.29 is 19.6 Å². The first-order valence-electron chi connectivity index (χ1n) is 5.49. The second-order valence-corrected chi connectivity index (χ2v) is 4.26. The lowest BCUT2D eigenvalue weighted by atomic mass is 10.1. The molecule has 5 nitrogen and oxygen atoms in total. The van der Waals surface area contributed by atoms with Gasteiger partial charge in [0, 0.05) is 10.6 Å². The molecule has 0 saturated carbocycles. The van der Waals surface area contributed by atoms with E-state index in [9.17, 15) is 9.59 Å². The summed E-state index contributed by atoms with van der Waals surface area (Å²) in [5.41, 5.74) is 1.06. The van der Waals surface area contributed by atoms with Crippen molar-refractivity contribution in [3.63, 3.8) is 0 Å². The molecule has 3 N–H and O–H groups in total. The van der Waals surface area contributed by atoms with E-state index in [2.05, 4.69) is 10.1 Å². The molecule has 1 aromatic rings. The summed E-state index contributed by atoms with van der Waals surface area (Å²) >= 11 is 5.79. The quantitative estimate of drug-likeness (QED) is 0.853. The monoisotopic (exact) mass is 271 g/mol. The van der Waals surface area contributed by atoms with Gasteiger partial charge in [-0.25, -0.2) is 4.79 Å². The standard InChI is InChI=1S/C12H15ClN2O3/c1-8(9-3-5-10(13)6-4-9)14-7-11(16)15-12(17)18-2/h3-6,8,14H,7H2,1-2H3,(H,15,16,17)/p+1/t8-/m0/s1. The number of methoxy groups -OCH3 is 1. The highest BCUT2D eigenvalue weighted by Crippen LogP contribution is 2.13. The minimum Gasteiger partial charge on any atom is -0.453 e. The number of carbonyl (C=O) groups excluding carboxylic acids is 2. The van der Waals surface area contributed by atoms with Gasteiger partial charge in [-0.2, -0.15) is 0 Å². The van der Waals surface area contributed by atoms with Gasteiger partial charge in [0.1, 0.15) is 6.04 Å². The summed E-state index contributed by atoms with van der Waals surface area (Å²) in [6, 6.07) is 7.51. The van der Waals surface area contributed by atoms with Crippen molar-refractivity contribution in [1.82, 2.24) is 5.32 Å². The van der Waals surface area contributed by atoms with Crippen LogP contribution in [-0.4, -0.2) is 25.7 Å². The molecular weight excluding hydrogens is 256 g/mol. The van der Waals surface area contributed by atoms with E-state index in [1.54, 1.807) is 12.1 Å². The number of ether oxygens (including phenoxy) is 1. The first-order chi connectivity index (χ1) is 8.52. The lowest BCUT2D eigenvalue weighted by Gasteiger charge is -2.10. The van der Waals surface area contributed by atoms with Crippen LogP contribution in [0.5, 0.6) is 0 Å². The van der Waals surface area contributed by atoms with E-state index >= 15 is 0 Å². The summed E-state index contributed by atoms with van der Waals surface area (Å²) in [6.45, 7) is 2.12. The van der Waals surface area contributed by atoms with Crippen molar-refractivity contribution in [3.8, 4) is 0 Å². The number of quaternary nitrogens is 1. The van der Waals surface area contributed by atoms with Crippen LogP contribution in [0.4, 0.5) is 4.79 Å². The van der Waals surface area contributed by atoms with Crippen LogP contribution in [0.3, 0.4) is 0 Å². The molecule has 98 valence electrons. The molecule has 0 fully saturated rings. The smallest absolute Gasteiger partial charge is 0.413 e. The van der Waals surface area contributed by atoms with E-state index in [1.807, 2.05) is 24.4 Å². The Hall–Kier alpha value is -1.59. The van der Waals surface area contributed by atoms with Crippen molar-refractivity contribution in [1.29, 1.82) is 0 Å². The Morgan fingerprint density at radius 2 is 2.00 bits per heavy atom. The Morgan fingerprint density at radius 1 is 1.39 bits per heavy atom. The SMILES string of the molecule is COC(=O)NC(=O)C[NH2+][C@@H](C)c1ccc(Cl)cc1. The normalized spacial score (nSPS) is 11.7. The highest BCUT2D eigenvalue weighted by Gasteiger charge is 2.13. The van der Waals surface area contributed by atoms with Gasteiger partial charge in [0.05, 0.1) is 7.11 Å². The van der Waals surface area contributed by atoms with Crippen molar-refractivity contribution in [2.45, 2.75) is 13.0 Å². The zero-order valence-electron chi connectivity index (χ0n) is 10.3. The Bertz CT molecular complexity index is 420. The minimum atomic E-state index is -0.743. The largest absolute Gasteiger partial charge is 0.453 e. The molecule has 1 aromatic carbocycles. The summed E-state index contributed by atoms with van der Waals surface area (Å²) < 4.78 is 4.33.